The number of fused-ring (bicyclic) bond motifs is 3. The minimum absolute atomic E-state index is 0.287. The molecule has 0 aliphatic carbocycles. The van der Waals surface area contributed by atoms with Crippen LogP contribution in [0.4, 0.5) is 0 Å². The van der Waals surface area contributed by atoms with Gasteiger partial charge in [0.2, 0.25) is 0 Å². The molecular formula is C34H34N2O6. The molecule has 0 aliphatic rings. The maximum Gasteiger partial charge on any atom is 0.296 e. The first kappa shape index (κ1) is 28.5. The summed E-state index contributed by atoms with van der Waals surface area (Å²) in [4.78, 5) is 29.4. The molecule has 8 nitrogen and oxygen atoms in total. The van der Waals surface area contributed by atoms with E-state index in [-0.39, 0.29) is 5.69 Å². The highest BCUT2D eigenvalue weighted by molar-refractivity contribution is 6.44. The number of ketones is 1. The average molecular weight is 567 g/mol. The molecule has 0 unspecified atom stereocenters. The molecule has 2 aromatic heterocycles. The molecule has 0 saturated carbocycles. The van der Waals surface area contributed by atoms with E-state index in [1.54, 1.807) is 33.3 Å². The molecule has 0 radical (unpaired) electrons. The lowest BCUT2D eigenvalue weighted by Gasteiger charge is -2.18. The maximum absolute atomic E-state index is 14.2. The first-order valence-electron chi connectivity index (χ1n) is 13.8. The number of likely N-dealkylation sites (N-methyl/N-ethyl adjacent to an activating group) is 1. The standard InChI is InChI=1S/C34H34N2O6/c1-7-35(8-2)34(38)33(37)32-29(21-12-10-9-11-13-21)30(23-14-15-25(39-3)26(19-23)40-4)31-24-20-28(42-6)27(41-5)18-22(24)16-17-36(31)32/h9-20H,7-8H2,1-6H3. The van der Waals surface area contributed by atoms with Gasteiger partial charge in [0.25, 0.3) is 11.7 Å². The summed E-state index contributed by atoms with van der Waals surface area (Å²) in [5.74, 6) is 1.12. The van der Waals surface area contributed by atoms with Crippen LogP contribution in [0, 0.1) is 0 Å². The zero-order valence-electron chi connectivity index (χ0n) is 24.7. The fourth-order valence-electron chi connectivity index (χ4n) is 5.53. The number of benzene rings is 3. The Bertz CT molecular complexity index is 1790. The normalized spacial score (nSPS) is 11.0. The molecule has 8 heteroatoms. The largest absolute Gasteiger partial charge is 0.493 e. The monoisotopic (exact) mass is 566 g/mol. The Balaban J connectivity index is 2.00. The molecule has 1 amide bonds. The Hall–Kier alpha value is -4.98. The summed E-state index contributed by atoms with van der Waals surface area (Å²) in [7, 11) is 6.35. The van der Waals surface area contributed by atoms with Crippen LogP contribution in [0.15, 0.2) is 72.9 Å². The van der Waals surface area contributed by atoms with E-state index in [4.69, 9.17) is 18.9 Å². The van der Waals surface area contributed by atoms with E-state index in [9.17, 15) is 9.59 Å². The number of rotatable bonds is 10. The Labute approximate surface area is 245 Å². The van der Waals surface area contributed by atoms with Gasteiger partial charge in [0, 0.05) is 35.8 Å². The topological polar surface area (TPSA) is 78.7 Å². The van der Waals surface area contributed by atoms with Gasteiger partial charge in [-0.3, -0.25) is 9.59 Å². The van der Waals surface area contributed by atoms with Crippen molar-refractivity contribution >= 4 is 28.0 Å². The van der Waals surface area contributed by atoms with Crippen molar-refractivity contribution in [2.75, 3.05) is 41.5 Å². The smallest absolute Gasteiger partial charge is 0.296 e. The van der Waals surface area contributed by atoms with Crippen molar-refractivity contribution in [1.29, 1.82) is 0 Å². The van der Waals surface area contributed by atoms with Crippen LogP contribution in [0.1, 0.15) is 24.3 Å². The van der Waals surface area contributed by atoms with E-state index >= 15 is 0 Å². The molecule has 216 valence electrons. The van der Waals surface area contributed by atoms with Gasteiger partial charge in [-0.1, -0.05) is 36.4 Å². The van der Waals surface area contributed by atoms with Gasteiger partial charge < -0.3 is 28.2 Å². The van der Waals surface area contributed by atoms with Gasteiger partial charge in [-0.2, -0.15) is 0 Å². The minimum atomic E-state index is -0.584. The number of Topliss-reactive ketones (excluding diaryl/α,β-unsaturated/α-hetero) is 1. The molecule has 2 heterocycles. The number of amides is 1. The molecule has 0 saturated heterocycles. The Kier molecular flexibility index (Phi) is 8.06. The number of hydrogen-bond donors (Lipinski definition) is 0. The van der Waals surface area contributed by atoms with Gasteiger partial charge in [0.05, 0.1) is 34.0 Å². The van der Waals surface area contributed by atoms with Crippen molar-refractivity contribution in [2.24, 2.45) is 0 Å². The number of pyridine rings is 1. The zero-order chi connectivity index (χ0) is 30.0. The van der Waals surface area contributed by atoms with Crippen molar-refractivity contribution in [3.63, 3.8) is 0 Å². The van der Waals surface area contributed by atoms with Gasteiger partial charge >= 0.3 is 0 Å². The number of methoxy groups -OCH3 is 4. The van der Waals surface area contributed by atoms with Crippen LogP contribution in [0.5, 0.6) is 23.0 Å². The second-order valence-electron chi connectivity index (χ2n) is 9.67. The predicted molar refractivity (Wildman–Crippen MR) is 164 cm³/mol. The first-order chi connectivity index (χ1) is 20.4. The Morgan fingerprint density at radius 3 is 1.93 bits per heavy atom. The van der Waals surface area contributed by atoms with E-state index in [0.717, 1.165) is 33.0 Å². The summed E-state index contributed by atoms with van der Waals surface area (Å²) >= 11 is 0. The second-order valence-corrected chi connectivity index (χ2v) is 9.67. The molecule has 0 N–H and O–H groups in total. The lowest BCUT2D eigenvalue weighted by atomic mass is 9.93. The third-order valence-corrected chi connectivity index (χ3v) is 7.61. The molecule has 42 heavy (non-hydrogen) atoms. The van der Waals surface area contributed by atoms with E-state index in [0.29, 0.717) is 41.7 Å². The zero-order valence-corrected chi connectivity index (χ0v) is 24.7. The minimum Gasteiger partial charge on any atom is -0.493 e. The maximum atomic E-state index is 14.2. The third kappa shape index (κ3) is 4.68. The lowest BCUT2D eigenvalue weighted by Crippen LogP contribution is -2.36. The lowest BCUT2D eigenvalue weighted by molar-refractivity contribution is -0.126. The van der Waals surface area contributed by atoms with Crippen molar-refractivity contribution < 1.29 is 28.5 Å². The molecule has 0 bridgehead atoms. The second kappa shape index (κ2) is 11.9. The van der Waals surface area contributed by atoms with Crippen LogP contribution in [0.2, 0.25) is 0 Å². The Morgan fingerprint density at radius 2 is 1.31 bits per heavy atom. The van der Waals surface area contributed by atoms with Crippen LogP contribution in [0.25, 0.3) is 38.5 Å². The summed E-state index contributed by atoms with van der Waals surface area (Å²) in [5, 5.41) is 1.71. The van der Waals surface area contributed by atoms with Crippen molar-refractivity contribution in [1.82, 2.24) is 9.30 Å². The summed E-state index contributed by atoms with van der Waals surface area (Å²) < 4.78 is 24.3. The van der Waals surface area contributed by atoms with Gasteiger partial charge in [-0.25, -0.2) is 0 Å². The van der Waals surface area contributed by atoms with E-state index in [2.05, 4.69) is 0 Å². The average Bonchev–Trinajstić information content (AvgIpc) is 3.39. The molecule has 0 fully saturated rings. The molecule has 0 aliphatic heterocycles. The first-order valence-corrected chi connectivity index (χ1v) is 13.8. The molecule has 5 rings (SSSR count). The highest BCUT2D eigenvalue weighted by Gasteiger charge is 2.32. The summed E-state index contributed by atoms with van der Waals surface area (Å²) in [6.45, 7) is 4.58. The molecule has 0 atom stereocenters. The highest BCUT2D eigenvalue weighted by atomic mass is 16.5. The fourth-order valence-corrected chi connectivity index (χ4v) is 5.53. The van der Waals surface area contributed by atoms with E-state index in [1.807, 2.05) is 91.2 Å². The Morgan fingerprint density at radius 1 is 0.690 bits per heavy atom. The fraction of sp³-hybridized carbons (Fsp3) is 0.235. The molecule has 0 spiro atoms. The van der Waals surface area contributed by atoms with Gasteiger partial charge in [0.15, 0.2) is 23.0 Å². The summed E-state index contributed by atoms with van der Waals surface area (Å²) in [5.41, 5.74) is 4.05. The van der Waals surface area contributed by atoms with Crippen LogP contribution < -0.4 is 18.9 Å². The van der Waals surface area contributed by atoms with Crippen LogP contribution in [0.3, 0.4) is 0 Å². The SMILES string of the molecule is CCN(CC)C(=O)C(=O)c1c(-c2ccccc2)c(-c2ccc(OC)c(OC)c2)c2c3cc(OC)c(OC)cc3ccn12. The molecular weight excluding hydrogens is 532 g/mol. The quantitative estimate of drug-likeness (QED) is 0.142. The van der Waals surface area contributed by atoms with E-state index < -0.39 is 11.7 Å². The number of carbonyl (C=O) groups excluding carboxylic acids is 2. The number of carbonyl (C=O) groups is 2. The van der Waals surface area contributed by atoms with Crippen LogP contribution in [-0.4, -0.2) is 62.5 Å². The van der Waals surface area contributed by atoms with Crippen LogP contribution >= 0.6 is 0 Å². The number of ether oxygens (including phenoxy) is 4. The van der Waals surface area contributed by atoms with Crippen molar-refractivity contribution in [2.45, 2.75) is 13.8 Å². The number of nitrogens with zero attached hydrogens (tertiary/aromatic N) is 2. The van der Waals surface area contributed by atoms with Crippen molar-refractivity contribution in [3.05, 3.63) is 78.6 Å². The molecule has 3 aromatic carbocycles. The highest BCUT2D eigenvalue weighted by Crippen LogP contribution is 2.46. The van der Waals surface area contributed by atoms with Gasteiger partial charge in [-0.15, -0.1) is 0 Å². The number of aromatic nitrogens is 1. The molecule has 5 aromatic rings. The van der Waals surface area contributed by atoms with Gasteiger partial charge in [0.1, 0.15) is 5.69 Å². The van der Waals surface area contributed by atoms with Crippen molar-refractivity contribution in [3.8, 4) is 45.3 Å². The van der Waals surface area contributed by atoms with Gasteiger partial charge in [-0.05, 0) is 60.7 Å². The predicted octanol–water partition coefficient (Wildman–Crippen LogP) is 6.51. The number of hydrogen-bond acceptors (Lipinski definition) is 6. The van der Waals surface area contributed by atoms with E-state index in [1.165, 1.54) is 0 Å². The third-order valence-electron chi connectivity index (χ3n) is 7.61. The van der Waals surface area contributed by atoms with Crippen LogP contribution in [-0.2, 0) is 4.79 Å². The summed E-state index contributed by atoms with van der Waals surface area (Å²) in [6, 6.07) is 21.0. The summed E-state index contributed by atoms with van der Waals surface area (Å²) in [6.07, 6.45) is 1.84.